The van der Waals surface area contributed by atoms with Crippen molar-refractivity contribution >= 4 is 12.0 Å². The third-order valence-electron chi connectivity index (χ3n) is 4.26. The number of amides is 2. The summed E-state index contributed by atoms with van der Waals surface area (Å²) in [6.07, 6.45) is 1.94. The monoisotopic (exact) mass is 270 g/mol. The van der Waals surface area contributed by atoms with Gasteiger partial charge in [-0.05, 0) is 31.6 Å². The first-order valence-corrected chi connectivity index (χ1v) is 6.89. The fourth-order valence-electron chi connectivity index (χ4n) is 2.37. The van der Waals surface area contributed by atoms with E-state index in [9.17, 15) is 9.59 Å². The standard InChI is InChI=1S/C14H26N2O3/c1-9(14(2,3)4)16(5)13(19)15-11-7-6-10(8-11)12(17)18/h9-11H,6-8H2,1-5H3,(H,15,19)(H,17,18)/t9?,10-,11+/m1/s1. The Morgan fingerprint density at radius 2 is 1.89 bits per heavy atom. The van der Waals surface area contributed by atoms with Gasteiger partial charge in [0.2, 0.25) is 0 Å². The zero-order valence-corrected chi connectivity index (χ0v) is 12.6. The first-order valence-electron chi connectivity index (χ1n) is 6.89. The van der Waals surface area contributed by atoms with Crippen LogP contribution in [0.3, 0.4) is 0 Å². The van der Waals surface area contributed by atoms with Crippen LogP contribution < -0.4 is 5.32 Å². The van der Waals surface area contributed by atoms with E-state index in [1.807, 2.05) is 6.92 Å². The molecule has 1 fully saturated rings. The highest BCUT2D eigenvalue weighted by molar-refractivity contribution is 5.75. The van der Waals surface area contributed by atoms with Crippen molar-refractivity contribution in [2.24, 2.45) is 11.3 Å². The molecule has 0 heterocycles. The smallest absolute Gasteiger partial charge is 0.317 e. The van der Waals surface area contributed by atoms with Crippen LogP contribution in [-0.4, -0.2) is 41.1 Å². The van der Waals surface area contributed by atoms with Gasteiger partial charge in [0.1, 0.15) is 0 Å². The average molecular weight is 270 g/mol. The quantitative estimate of drug-likeness (QED) is 0.827. The van der Waals surface area contributed by atoms with E-state index in [1.54, 1.807) is 11.9 Å². The van der Waals surface area contributed by atoms with E-state index in [2.05, 4.69) is 26.1 Å². The molecule has 2 amide bonds. The minimum Gasteiger partial charge on any atom is -0.481 e. The second-order valence-electron chi connectivity index (χ2n) is 6.65. The molecule has 2 N–H and O–H groups in total. The predicted molar refractivity (Wildman–Crippen MR) is 74.0 cm³/mol. The molecule has 1 aliphatic carbocycles. The molecule has 5 nitrogen and oxygen atoms in total. The Hall–Kier alpha value is -1.26. The topological polar surface area (TPSA) is 69.6 Å². The van der Waals surface area contributed by atoms with Crippen molar-refractivity contribution in [1.29, 1.82) is 0 Å². The maximum atomic E-state index is 12.1. The number of carboxylic acid groups (broad SMARTS) is 1. The van der Waals surface area contributed by atoms with Crippen LogP contribution in [0.15, 0.2) is 0 Å². The molecule has 1 rings (SSSR count). The third kappa shape index (κ3) is 4.11. The van der Waals surface area contributed by atoms with Gasteiger partial charge >= 0.3 is 12.0 Å². The summed E-state index contributed by atoms with van der Waals surface area (Å²) in [5, 5.41) is 11.9. The Morgan fingerprint density at radius 3 is 2.32 bits per heavy atom. The van der Waals surface area contributed by atoms with Crippen LogP contribution in [0.4, 0.5) is 4.79 Å². The van der Waals surface area contributed by atoms with Crippen molar-refractivity contribution in [1.82, 2.24) is 10.2 Å². The van der Waals surface area contributed by atoms with Gasteiger partial charge in [0.25, 0.3) is 0 Å². The molecule has 110 valence electrons. The lowest BCUT2D eigenvalue weighted by molar-refractivity contribution is -0.141. The second kappa shape index (κ2) is 5.80. The molecule has 0 aliphatic heterocycles. The van der Waals surface area contributed by atoms with Crippen LogP contribution in [0.2, 0.25) is 0 Å². The summed E-state index contributed by atoms with van der Waals surface area (Å²) in [4.78, 5) is 24.7. The number of nitrogens with one attached hydrogen (secondary N) is 1. The maximum Gasteiger partial charge on any atom is 0.317 e. The number of urea groups is 1. The summed E-state index contributed by atoms with van der Waals surface area (Å²) in [6.45, 7) is 8.31. The van der Waals surface area contributed by atoms with Crippen LogP contribution in [0, 0.1) is 11.3 Å². The van der Waals surface area contributed by atoms with Crippen LogP contribution in [0.25, 0.3) is 0 Å². The molecule has 0 aromatic carbocycles. The average Bonchev–Trinajstić information content (AvgIpc) is 2.74. The molecular formula is C14H26N2O3. The molecule has 0 spiro atoms. The molecule has 0 aromatic rings. The molecule has 3 atom stereocenters. The highest BCUT2D eigenvalue weighted by Gasteiger charge is 2.33. The van der Waals surface area contributed by atoms with Gasteiger partial charge in [0.15, 0.2) is 0 Å². The van der Waals surface area contributed by atoms with E-state index in [1.165, 1.54) is 0 Å². The number of carbonyl (C=O) groups is 2. The zero-order valence-electron chi connectivity index (χ0n) is 12.6. The summed E-state index contributed by atoms with van der Waals surface area (Å²) in [7, 11) is 1.79. The molecule has 1 aliphatic rings. The summed E-state index contributed by atoms with van der Waals surface area (Å²) in [6, 6.07) is -0.00847. The SMILES string of the molecule is CC(N(C)C(=O)N[C@H]1CC[C@@H](C(=O)O)C1)C(C)(C)C. The zero-order chi connectivity index (χ0) is 14.8. The number of carboxylic acids is 1. The molecule has 0 radical (unpaired) electrons. The van der Waals surface area contributed by atoms with Crippen molar-refractivity contribution in [3.8, 4) is 0 Å². The minimum atomic E-state index is -0.756. The van der Waals surface area contributed by atoms with Gasteiger partial charge in [-0.25, -0.2) is 4.79 Å². The normalized spacial score (nSPS) is 24.9. The van der Waals surface area contributed by atoms with E-state index in [4.69, 9.17) is 5.11 Å². The van der Waals surface area contributed by atoms with E-state index >= 15 is 0 Å². The maximum absolute atomic E-state index is 12.1. The highest BCUT2D eigenvalue weighted by atomic mass is 16.4. The molecule has 1 saturated carbocycles. The van der Waals surface area contributed by atoms with Crippen molar-refractivity contribution in [3.63, 3.8) is 0 Å². The number of aliphatic carboxylic acids is 1. The van der Waals surface area contributed by atoms with Gasteiger partial charge < -0.3 is 15.3 Å². The van der Waals surface area contributed by atoms with Gasteiger partial charge in [0, 0.05) is 19.1 Å². The van der Waals surface area contributed by atoms with E-state index in [0.29, 0.717) is 12.8 Å². The molecule has 0 aromatic heterocycles. The van der Waals surface area contributed by atoms with Gasteiger partial charge in [-0.3, -0.25) is 4.79 Å². The number of carbonyl (C=O) groups excluding carboxylic acids is 1. The van der Waals surface area contributed by atoms with Gasteiger partial charge in [0.05, 0.1) is 5.92 Å². The highest BCUT2D eigenvalue weighted by Crippen LogP contribution is 2.27. The molecule has 0 saturated heterocycles. The van der Waals surface area contributed by atoms with Crippen molar-refractivity contribution < 1.29 is 14.7 Å². The number of nitrogens with zero attached hydrogens (tertiary/aromatic N) is 1. The van der Waals surface area contributed by atoms with Crippen molar-refractivity contribution in [3.05, 3.63) is 0 Å². The summed E-state index contributed by atoms with van der Waals surface area (Å²) in [5.74, 6) is -1.07. The summed E-state index contributed by atoms with van der Waals surface area (Å²) in [5.41, 5.74) is 0.0192. The molecule has 0 bridgehead atoms. The second-order valence-corrected chi connectivity index (χ2v) is 6.65. The van der Waals surface area contributed by atoms with E-state index in [0.717, 1.165) is 6.42 Å². The summed E-state index contributed by atoms with van der Waals surface area (Å²) >= 11 is 0. The lowest BCUT2D eigenvalue weighted by Gasteiger charge is -2.35. The molecule has 19 heavy (non-hydrogen) atoms. The Labute approximate surface area is 115 Å². The Kier molecular flexibility index (Phi) is 4.82. The number of rotatable bonds is 3. The first-order chi connectivity index (χ1) is 8.62. The number of hydrogen-bond acceptors (Lipinski definition) is 2. The Morgan fingerprint density at radius 1 is 1.32 bits per heavy atom. The summed E-state index contributed by atoms with van der Waals surface area (Å²) < 4.78 is 0. The van der Waals surface area contributed by atoms with Crippen LogP contribution >= 0.6 is 0 Å². The fourth-order valence-corrected chi connectivity index (χ4v) is 2.37. The Balaban J connectivity index is 2.50. The fraction of sp³-hybridized carbons (Fsp3) is 0.857. The van der Waals surface area contributed by atoms with E-state index < -0.39 is 5.97 Å². The minimum absolute atomic E-state index is 0.0109. The van der Waals surface area contributed by atoms with Gasteiger partial charge in [-0.2, -0.15) is 0 Å². The van der Waals surface area contributed by atoms with Crippen LogP contribution in [0.5, 0.6) is 0 Å². The predicted octanol–water partition coefficient (Wildman–Crippen LogP) is 2.32. The van der Waals surface area contributed by atoms with Crippen molar-refractivity contribution in [2.75, 3.05) is 7.05 Å². The molecule has 5 heteroatoms. The number of hydrogen-bond donors (Lipinski definition) is 2. The lowest BCUT2D eigenvalue weighted by atomic mass is 9.87. The largest absolute Gasteiger partial charge is 0.481 e. The van der Waals surface area contributed by atoms with Gasteiger partial charge in [-0.15, -0.1) is 0 Å². The van der Waals surface area contributed by atoms with E-state index in [-0.39, 0.29) is 29.4 Å². The first kappa shape index (κ1) is 15.8. The van der Waals surface area contributed by atoms with Crippen LogP contribution in [0.1, 0.15) is 47.0 Å². The molecular weight excluding hydrogens is 244 g/mol. The van der Waals surface area contributed by atoms with Crippen LogP contribution in [-0.2, 0) is 4.79 Å². The Bertz CT molecular complexity index is 349. The molecule has 1 unspecified atom stereocenters. The van der Waals surface area contributed by atoms with Gasteiger partial charge in [-0.1, -0.05) is 20.8 Å². The third-order valence-corrected chi connectivity index (χ3v) is 4.26. The lowest BCUT2D eigenvalue weighted by Crippen LogP contribution is -2.49. The van der Waals surface area contributed by atoms with Crippen molar-refractivity contribution in [2.45, 2.75) is 59.0 Å².